The second kappa shape index (κ2) is 5.15. The lowest BCUT2D eigenvalue weighted by molar-refractivity contribution is 0.0987. The fraction of sp³-hybridized carbons (Fsp3) is 0.412. The van der Waals surface area contributed by atoms with Gasteiger partial charge in [-0.15, -0.1) is 0 Å². The number of rotatable bonds is 1. The van der Waals surface area contributed by atoms with Crippen LogP contribution in [0, 0.1) is 12.3 Å². The van der Waals surface area contributed by atoms with E-state index in [-0.39, 0.29) is 11.5 Å². The highest BCUT2D eigenvalue weighted by Gasteiger charge is 2.34. The minimum Gasteiger partial charge on any atom is -0.388 e. The number of aliphatic hydroxyl groups is 1. The van der Waals surface area contributed by atoms with Gasteiger partial charge in [0.25, 0.3) is 0 Å². The van der Waals surface area contributed by atoms with Gasteiger partial charge in [-0.05, 0) is 65.4 Å². The molecule has 1 aliphatic rings. The van der Waals surface area contributed by atoms with Gasteiger partial charge in [-0.3, -0.25) is 0 Å². The van der Waals surface area contributed by atoms with E-state index in [4.69, 9.17) is 11.6 Å². The number of aliphatic hydroxyl groups excluding tert-OH is 1. The highest BCUT2D eigenvalue weighted by molar-refractivity contribution is 9.10. The molecule has 1 heterocycles. The van der Waals surface area contributed by atoms with Gasteiger partial charge in [0.15, 0.2) is 0 Å². The van der Waals surface area contributed by atoms with Crippen LogP contribution in [-0.4, -0.2) is 9.67 Å². The zero-order valence-corrected chi connectivity index (χ0v) is 14.8. The Hall–Kier alpha value is -0.770. The number of fused-ring (bicyclic) bond motifs is 1. The van der Waals surface area contributed by atoms with Crippen LogP contribution in [0.2, 0.25) is 5.02 Å². The van der Waals surface area contributed by atoms with E-state index in [0.29, 0.717) is 5.02 Å². The van der Waals surface area contributed by atoms with E-state index in [1.165, 1.54) is 5.69 Å². The molecule has 1 aromatic heterocycles. The fourth-order valence-corrected chi connectivity index (χ4v) is 3.93. The van der Waals surface area contributed by atoms with Crippen LogP contribution in [0.4, 0.5) is 0 Å². The molecule has 0 saturated heterocycles. The maximum Gasteiger partial charge on any atom is 0.0812 e. The minimum atomic E-state index is -0.387. The summed E-state index contributed by atoms with van der Waals surface area (Å²) in [6, 6.07) is 7.91. The molecule has 4 heteroatoms. The number of aryl methyl sites for hydroxylation is 1. The van der Waals surface area contributed by atoms with Crippen molar-refractivity contribution in [2.24, 2.45) is 5.41 Å². The average Bonchev–Trinajstić information content (AvgIpc) is 2.68. The molecule has 0 fully saturated rings. The van der Waals surface area contributed by atoms with E-state index >= 15 is 0 Å². The Morgan fingerprint density at radius 1 is 1.33 bits per heavy atom. The number of aromatic nitrogens is 1. The van der Waals surface area contributed by atoms with Gasteiger partial charge in [0, 0.05) is 26.4 Å². The van der Waals surface area contributed by atoms with Crippen molar-refractivity contribution in [2.45, 2.75) is 39.7 Å². The molecular weight excluding hydrogens is 350 g/mol. The summed E-state index contributed by atoms with van der Waals surface area (Å²) in [5.74, 6) is 0. The summed E-state index contributed by atoms with van der Waals surface area (Å²) in [6.45, 7) is 6.49. The Bertz CT molecular complexity index is 705. The molecule has 0 spiro atoms. The second-order valence-corrected chi connectivity index (χ2v) is 7.97. The third-order valence-electron chi connectivity index (χ3n) is 4.22. The first-order valence-electron chi connectivity index (χ1n) is 7.13. The fourth-order valence-electron chi connectivity index (χ4n) is 3.34. The monoisotopic (exact) mass is 367 g/mol. The highest BCUT2D eigenvalue weighted by atomic mass is 79.9. The summed E-state index contributed by atoms with van der Waals surface area (Å²) >= 11 is 9.79. The minimum absolute atomic E-state index is 0.0972. The first-order chi connectivity index (χ1) is 9.78. The average molecular weight is 369 g/mol. The molecule has 0 radical (unpaired) electrons. The molecule has 112 valence electrons. The predicted octanol–water partition coefficient (Wildman–Crippen LogP) is 5.21. The molecule has 1 N–H and O–H groups in total. The van der Waals surface area contributed by atoms with Crippen LogP contribution in [0.1, 0.15) is 43.3 Å². The van der Waals surface area contributed by atoms with E-state index in [1.54, 1.807) is 0 Å². The van der Waals surface area contributed by atoms with Crippen LogP contribution in [0.25, 0.3) is 5.69 Å². The molecule has 3 rings (SSSR count). The standard InChI is InChI=1S/C17H19BrClNO/c1-10-6-12-15(8-17(2,3)9-16(12)21)20(10)14-7-11(19)4-5-13(14)18/h4-7,16,21H,8-9H2,1-3H3. The van der Waals surface area contributed by atoms with Crippen molar-refractivity contribution in [1.82, 2.24) is 4.57 Å². The molecule has 2 nitrogen and oxygen atoms in total. The third-order valence-corrected chi connectivity index (χ3v) is 5.13. The zero-order valence-electron chi connectivity index (χ0n) is 12.5. The maximum absolute atomic E-state index is 10.5. The van der Waals surface area contributed by atoms with Crippen molar-refractivity contribution in [3.8, 4) is 5.69 Å². The summed E-state index contributed by atoms with van der Waals surface area (Å²) in [6.07, 6.45) is 1.37. The van der Waals surface area contributed by atoms with Crippen LogP contribution in [0.3, 0.4) is 0 Å². The van der Waals surface area contributed by atoms with Crippen molar-refractivity contribution in [1.29, 1.82) is 0 Å². The Kier molecular flexibility index (Phi) is 3.71. The molecule has 1 aliphatic carbocycles. The van der Waals surface area contributed by atoms with Crippen molar-refractivity contribution < 1.29 is 5.11 Å². The summed E-state index contributed by atoms with van der Waals surface area (Å²) in [5.41, 5.74) is 4.50. The molecular formula is C17H19BrClNO. The van der Waals surface area contributed by atoms with E-state index < -0.39 is 0 Å². The Morgan fingerprint density at radius 3 is 2.76 bits per heavy atom. The first-order valence-corrected chi connectivity index (χ1v) is 8.30. The molecule has 0 saturated carbocycles. The summed E-state index contributed by atoms with van der Waals surface area (Å²) < 4.78 is 3.22. The van der Waals surface area contributed by atoms with Crippen molar-refractivity contribution >= 4 is 27.5 Å². The van der Waals surface area contributed by atoms with Crippen LogP contribution in [0.15, 0.2) is 28.7 Å². The molecule has 1 aromatic carbocycles. The normalized spacial score (nSPS) is 20.4. The smallest absolute Gasteiger partial charge is 0.0812 e. The maximum atomic E-state index is 10.5. The second-order valence-electron chi connectivity index (χ2n) is 6.68. The topological polar surface area (TPSA) is 25.2 Å². The largest absolute Gasteiger partial charge is 0.388 e. The van der Waals surface area contributed by atoms with Gasteiger partial charge >= 0.3 is 0 Å². The summed E-state index contributed by atoms with van der Waals surface area (Å²) in [5, 5.41) is 11.2. The van der Waals surface area contributed by atoms with Crippen molar-refractivity contribution in [3.05, 3.63) is 50.7 Å². The van der Waals surface area contributed by atoms with Gasteiger partial charge in [0.2, 0.25) is 0 Å². The van der Waals surface area contributed by atoms with Gasteiger partial charge in [-0.2, -0.15) is 0 Å². The molecule has 1 atom stereocenters. The molecule has 2 aromatic rings. The van der Waals surface area contributed by atoms with Gasteiger partial charge in [0.05, 0.1) is 11.8 Å². The van der Waals surface area contributed by atoms with Gasteiger partial charge in [-0.25, -0.2) is 0 Å². The molecule has 0 amide bonds. The predicted molar refractivity (Wildman–Crippen MR) is 90.3 cm³/mol. The van der Waals surface area contributed by atoms with E-state index in [0.717, 1.165) is 34.3 Å². The van der Waals surface area contributed by atoms with Gasteiger partial charge in [0.1, 0.15) is 0 Å². The van der Waals surface area contributed by atoms with Crippen LogP contribution < -0.4 is 0 Å². The lowest BCUT2D eigenvalue weighted by Crippen LogP contribution is -2.26. The highest BCUT2D eigenvalue weighted by Crippen LogP contribution is 2.43. The van der Waals surface area contributed by atoms with E-state index in [2.05, 4.69) is 47.3 Å². The Labute approximate surface area is 138 Å². The van der Waals surface area contributed by atoms with Gasteiger partial charge in [-0.1, -0.05) is 25.4 Å². The van der Waals surface area contributed by atoms with Crippen molar-refractivity contribution in [2.75, 3.05) is 0 Å². The Morgan fingerprint density at radius 2 is 2.05 bits per heavy atom. The number of hydrogen-bond acceptors (Lipinski definition) is 1. The lowest BCUT2D eigenvalue weighted by atomic mass is 9.75. The zero-order chi connectivity index (χ0) is 15.4. The van der Waals surface area contributed by atoms with Crippen LogP contribution in [0.5, 0.6) is 0 Å². The molecule has 0 aliphatic heterocycles. The molecule has 1 unspecified atom stereocenters. The Balaban J connectivity index is 2.23. The lowest BCUT2D eigenvalue weighted by Gasteiger charge is -2.34. The molecule has 0 bridgehead atoms. The van der Waals surface area contributed by atoms with Crippen LogP contribution >= 0.6 is 27.5 Å². The number of halogens is 2. The summed E-state index contributed by atoms with van der Waals surface area (Å²) in [4.78, 5) is 0. The van der Waals surface area contributed by atoms with E-state index in [1.807, 2.05) is 18.2 Å². The number of nitrogens with zero attached hydrogens (tertiary/aromatic N) is 1. The quantitative estimate of drug-likeness (QED) is 0.734. The van der Waals surface area contributed by atoms with Crippen LogP contribution in [-0.2, 0) is 6.42 Å². The van der Waals surface area contributed by atoms with Crippen molar-refractivity contribution in [3.63, 3.8) is 0 Å². The molecule has 21 heavy (non-hydrogen) atoms. The SMILES string of the molecule is Cc1cc2c(n1-c1cc(Cl)ccc1Br)CC(C)(C)CC2O. The van der Waals surface area contributed by atoms with Gasteiger partial charge < -0.3 is 9.67 Å². The first kappa shape index (κ1) is 15.1. The van der Waals surface area contributed by atoms with E-state index in [9.17, 15) is 5.11 Å². The third kappa shape index (κ3) is 2.67. The summed E-state index contributed by atoms with van der Waals surface area (Å²) in [7, 11) is 0. The number of hydrogen-bond donors (Lipinski definition) is 1. The number of benzene rings is 1.